The lowest BCUT2D eigenvalue weighted by Crippen LogP contribution is -2.44. The van der Waals surface area contributed by atoms with Crippen LogP contribution in [0, 0.1) is 6.92 Å². The Labute approximate surface area is 190 Å². The minimum absolute atomic E-state index is 0.110. The average Bonchev–Trinajstić information content (AvgIpc) is 3.06. The number of hydrogen-bond donors (Lipinski definition) is 0. The topological polar surface area (TPSA) is 38.8 Å². The van der Waals surface area contributed by atoms with Crippen molar-refractivity contribution < 1.29 is 14.3 Å². The predicted octanol–water partition coefficient (Wildman–Crippen LogP) is 5.60. The Balaban J connectivity index is 1.35. The smallest absolute Gasteiger partial charge is 0.307 e. The van der Waals surface area contributed by atoms with E-state index >= 15 is 0 Å². The largest absolute Gasteiger partial charge is 0.492 e. The van der Waals surface area contributed by atoms with Gasteiger partial charge in [-0.05, 0) is 77.4 Å². The van der Waals surface area contributed by atoms with E-state index in [2.05, 4.69) is 54.3 Å². The maximum Gasteiger partial charge on any atom is 0.307 e. The second-order valence-corrected chi connectivity index (χ2v) is 10.9. The monoisotopic (exact) mass is 439 g/mol. The molecule has 31 heavy (non-hydrogen) atoms. The number of carbonyl (C=O) groups is 1. The van der Waals surface area contributed by atoms with E-state index in [0.29, 0.717) is 6.42 Å². The molecule has 0 saturated carbocycles. The molecule has 4 rings (SSSR count). The minimum Gasteiger partial charge on any atom is -0.492 e. The molecule has 2 aromatic carbocycles. The molecule has 2 aliphatic rings. The van der Waals surface area contributed by atoms with E-state index in [9.17, 15) is 4.79 Å². The highest BCUT2D eigenvalue weighted by Gasteiger charge is 2.43. The van der Waals surface area contributed by atoms with Gasteiger partial charge in [-0.2, -0.15) is 0 Å². The minimum atomic E-state index is -0.412. The second kappa shape index (κ2) is 8.87. The Morgan fingerprint density at radius 1 is 1.16 bits per heavy atom. The van der Waals surface area contributed by atoms with Crippen molar-refractivity contribution in [1.82, 2.24) is 4.90 Å². The lowest BCUT2D eigenvalue weighted by atomic mass is 9.74. The molecule has 2 heterocycles. The molecule has 166 valence electrons. The fourth-order valence-corrected chi connectivity index (χ4v) is 5.41. The van der Waals surface area contributed by atoms with Gasteiger partial charge in [0.15, 0.2) is 0 Å². The van der Waals surface area contributed by atoms with Gasteiger partial charge in [-0.15, -0.1) is 0 Å². The Morgan fingerprint density at radius 3 is 2.61 bits per heavy atom. The zero-order valence-corrected chi connectivity index (χ0v) is 19.9. The molecule has 0 aliphatic carbocycles. The maximum atomic E-state index is 12.0. The maximum absolute atomic E-state index is 12.0. The van der Waals surface area contributed by atoms with E-state index in [1.807, 2.05) is 20.8 Å². The quantitative estimate of drug-likeness (QED) is 0.567. The molecule has 4 nitrogen and oxygen atoms in total. The number of nitrogens with zero attached hydrogens (tertiary/aromatic N) is 1. The molecule has 0 radical (unpaired) electrons. The number of piperidine rings is 1. The van der Waals surface area contributed by atoms with E-state index in [1.54, 1.807) is 11.8 Å². The van der Waals surface area contributed by atoms with Gasteiger partial charge in [0, 0.05) is 27.3 Å². The first-order chi connectivity index (χ1) is 14.7. The van der Waals surface area contributed by atoms with Crippen LogP contribution in [0.3, 0.4) is 0 Å². The van der Waals surface area contributed by atoms with E-state index in [0.717, 1.165) is 44.8 Å². The Morgan fingerprint density at radius 2 is 1.90 bits per heavy atom. The summed E-state index contributed by atoms with van der Waals surface area (Å²) >= 11 is 1.80. The standard InChI is InChI=1S/C26H33NO3S/c1-19-7-5-6-8-23(19)31-20-9-10-21-22(17-20)29-18-26(21)12-15-27(16-13-26)14-11-24(28)30-25(2,3)4/h5-10,17H,11-16,18H2,1-4H3. The highest BCUT2D eigenvalue weighted by atomic mass is 32.2. The lowest BCUT2D eigenvalue weighted by molar-refractivity contribution is -0.155. The van der Waals surface area contributed by atoms with Crippen LogP contribution in [0.4, 0.5) is 0 Å². The predicted molar refractivity (Wildman–Crippen MR) is 125 cm³/mol. The van der Waals surface area contributed by atoms with Crippen LogP contribution in [-0.4, -0.2) is 42.7 Å². The van der Waals surface area contributed by atoms with Crippen molar-refractivity contribution >= 4 is 17.7 Å². The first-order valence-electron chi connectivity index (χ1n) is 11.2. The van der Waals surface area contributed by atoms with Crippen molar-refractivity contribution in [1.29, 1.82) is 0 Å². The second-order valence-electron chi connectivity index (χ2n) is 9.77. The van der Waals surface area contributed by atoms with Gasteiger partial charge in [-0.1, -0.05) is 36.0 Å². The summed E-state index contributed by atoms with van der Waals surface area (Å²) < 4.78 is 11.6. The summed E-state index contributed by atoms with van der Waals surface area (Å²) in [7, 11) is 0. The van der Waals surface area contributed by atoms with Crippen LogP contribution in [0.5, 0.6) is 5.75 Å². The number of benzene rings is 2. The summed E-state index contributed by atoms with van der Waals surface area (Å²) in [6.07, 6.45) is 2.59. The summed E-state index contributed by atoms with van der Waals surface area (Å²) in [6.45, 7) is 11.4. The van der Waals surface area contributed by atoms with Crippen molar-refractivity contribution in [2.45, 2.75) is 67.8 Å². The van der Waals surface area contributed by atoms with Crippen LogP contribution in [0.15, 0.2) is 52.3 Å². The van der Waals surface area contributed by atoms with Gasteiger partial charge in [-0.3, -0.25) is 4.79 Å². The molecule has 0 aromatic heterocycles. The molecule has 5 heteroatoms. The fraction of sp³-hybridized carbons (Fsp3) is 0.500. The van der Waals surface area contributed by atoms with E-state index in [-0.39, 0.29) is 11.4 Å². The molecule has 0 unspecified atom stereocenters. The third kappa shape index (κ3) is 5.27. The van der Waals surface area contributed by atoms with Crippen LogP contribution in [0.2, 0.25) is 0 Å². The van der Waals surface area contributed by atoms with Gasteiger partial charge in [0.2, 0.25) is 0 Å². The van der Waals surface area contributed by atoms with Crippen molar-refractivity contribution in [2.24, 2.45) is 0 Å². The third-order valence-corrected chi connectivity index (χ3v) is 7.38. The molecule has 1 fully saturated rings. The molecule has 1 spiro atoms. The number of rotatable bonds is 5. The lowest BCUT2D eigenvalue weighted by Gasteiger charge is -2.38. The van der Waals surface area contributed by atoms with Gasteiger partial charge >= 0.3 is 5.97 Å². The summed E-state index contributed by atoms with van der Waals surface area (Å²) in [4.78, 5) is 16.9. The van der Waals surface area contributed by atoms with Gasteiger partial charge in [0.25, 0.3) is 0 Å². The van der Waals surface area contributed by atoms with Crippen LogP contribution in [-0.2, 0) is 14.9 Å². The van der Waals surface area contributed by atoms with Crippen LogP contribution in [0.25, 0.3) is 0 Å². The SMILES string of the molecule is Cc1ccccc1Sc1ccc2c(c1)OCC21CCN(CCC(=O)OC(C)(C)C)CC1. The number of aryl methyl sites for hydroxylation is 1. The normalized spacial score (nSPS) is 17.9. The van der Waals surface area contributed by atoms with Gasteiger partial charge in [0.05, 0.1) is 13.0 Å². The van der Waals surface area contributed by atoms with E-state index in [4.69, 9.17) is 9.47 Å². The first kappa shape index (κ1) is 22.2. The number of fused-ring (bicyclic) bond motifs is 2. The highest BCUT2D eigenvalue weighted by Crippen LogP contribution is 2.47. The Hall–Kier alpha value is -1.98. The van der Waals surface area contributed by atoms with Gasteiger partial charge < -0.3 is 14.4 Å². The summed E-state index contributed by atoms with van der Waals surface area (Å²) in [6, 6.07) is 15.2. The van der Waals surface area contributed by atoms with Crippen LogP contribution >= 0.6 is 11.8 Å². The van der Waals surface area contributed by atoms with Crippen LogP contribution < -0.4 is 4.74 Å². The Bertz CT molecular complexity index is 942. The van der Waals surface area contributed by atoms with Crippen molar-refractivity contribution in [3.8, 4) is 5.75 Å². The zero-order chi connectivity index (χ0) is 22.1. The number of esters is 1. The van der Waals surface area contributed by atoms with Crippen molar-refractivity contribution in [3.63, 3.8) is 0 Å². The van der Waals surface area contributed by atoms with Crippen molar-refractivity contribution in [3.05, 3.63) is 53.6 Å². The molecule has 2 aromatic rings. The van der Waals surface area contributed by atoms with Gasteiger partial charge in [0.1, 0.15) is 11.4 Å². The molecule has 2 aliphatic heterocycles. The number of likely N-dealkylation sites (tertiary alicyclic amines) is 1. The summed E-state index contributed by atoms with van der Waals surface area (Å²) in [5.74, 6) is 0.932. The van der Waals surface area contributed by atoms with Crippen LogP contribution in [0.1, 0.15) is 51.2 Å². The van der Waals surface area contributed by atoms with E-state index in [1.165, 1.54) is 20.9 Å². The van der Waals surface area contributed by atoms with Gasteiger partial charge in [-0.25, -0.2) is 0 Å². The molecule has 0 atom stereocenters. The molecule has 0 bridgehead atoms. The molecule has 0 amide bonds. The first-order valence-corrected chi connectivity index (χ1v) is 12.0. The molecule has 1 saturated heterocycles. The number of hydrogen-bond acceptors (Lipinski definition) is 5. The third-order valence-electron chi connectivity index (χ3n) is 6.22. The van der Waals surface area contributed by atoms with E-state index < -0.39 is 5.60 Å². The number of ether oxygens (including phenoxy) is 2. The number of carbonyl (C=O) groups excluding carboxylic acids is 1. The highest BCUT2D eigenvalue weighted by molar-refractivity contribution is 7.99. The summed E-state index contributed by atoms with van der Waals surface area (Å²) in [5, 5.41) is 0. The summed E-state index contributed by atoms with van der Waals surface area (Å²) in [5.41, 5.74) is 2.35. The Kier molecular flexibility index (Phi) is 6.36. The molecular formula is C26H33NO3S. The zero-order valence-electron chi connectivity index (χ0n) is 19.1. The molecular weight excluding hydrogens is 406 g/mol. The average molecular weight is 440 g/mol. The fourth-order valence-electron chi connectivity index (χ4n) is 4.48. The molecule has 0 N–H and O–H groups in total. The van der Waals surface area contributed by atoms with Crippen molar-refractivity contribution in [2.75, 3.05) is 26.2 Å².